The van der Waals surface area contributed by atoms with Gasteiger partial charge in [-0.05, 0) is 30.3 Å². The number of nitrogens with zero attached hydrogens (tertiary/aromatic N) is 1. The molecule has 8 nitrogen and oxygen atoms in total. The smallest absolute Gasteiger partial charge is 0.314 e. The van der Waals surface area contributed by atoms with Crippen molar-refractivity contribution >= 4 is 16.0 Å². The molecule has 1 heterocycles. The third-order valence-electron chi connectivity index (χ3n) is 4.06. The predicted molar refractivity (Wildman–Crippen MR) is 101 cm³/mol. The Kier molecular flexibility index (Phi) is 5.66. The summed E-state index contributed by atoms with van der Waals surface area (Å²) < 4.78 is 52.3. The van der Waals surface area contributed by atoms with Gasteiger partial charge in [-0.25, -0.2) is 22.9 Å². The van der Waals surface area contributed by atoms with Crippen LogP contribution in [0.5, 0.6) is 5.75 Å². The molecule has 2 N–H and O–H groups in total. The Labute approximate surface area is 166 Å². The van der Waals surface area contributed by atoms with Crippen molar-refractivity contribution in [3.8, 4) is 28.3 Å². The summed E-state index contributed by atoms with van der Waals surface area (Å²) in [4.78, 5) is 15.8. The van der Waals surface area contributed by atoms with Crippen LogP contribution in [0.1, 0.15) is 5.89 Å². The number of hydrogen-bond donors (Lipinski definition) is 1. The fourth-order valence-electron chi connectivity index (χ4n) is 2.64. The Morgan fingerprint density at radius 1 is 1.14 bits per heavy atom. The van der Waals surface area contributed by atoms with Gasteiger partial charge in [0.15, 0.2) is 17.3 Å². The summed E-state index contributed by atoms with van der Waals surface area (Å²) in [6, 6.07) is 9.83. The Morgan fingerprint density at radius 3 is 2.34 bits per heavy atom. The number of sulfonamides is 1. The molecule has 29 heavy (non-hydrogen) atoms. The Bertz CT molecular complexity index is 1160. The number of rotatable bonds is 6. The van der Waals surface area contributed by atoms with E-state index in [1.165, 1.54) is 50.6 Å². The molecule has 3 rings (SSSR count). The number of benzene rings is 2. The quantitative estimate of drug-likeness (QED) is 0.608. The molecule has 0 atom stereocenters. The second kappa shape index (κ2) is 8.02. The lowest BCUT2D eigenvalue weighted by atomic mass is 10.1. The number of methoxy groups -OCH3 is 2. The van der Waals surface area contributed by atoms with Gasteiger partial charge in [0.1, 0.15) is 12.1 Å². The van der Waals surface area contributed by atoms with Gasteiger partial charge in [0.2, 0.25) is 15.9 Å². The van der Waals surface area contributed by atoms with Crippen LogP contribution in [0, 0.1) is 5.82 Å². The van der Waals surface area contributed by atoms with E-state index in [-0.39, 0.29) is 28.7 Å². The highest BCUT2D eigenvalue weighted by Gasteiger charge is 2.21. The van der Waals surface area contributed by atoms with Crippen molar-refractivity contribution in [2.45, 2.75) is 11.3 Å². The first-order valence-corrected chi connectivity index (χ1v) is 9.81. The first-order chi connectivity index (χ1) is 13.7. The predicted octanol–water partition coefficient (Wildman–Crippen LogP) is 2.52. The Morgan fingerprint density at radius 2 is 1.79 bits per heavy atom. The number of ether oxygens (including phenoxy) is 2. The maximum atomic E-state index is 14.2. The van der Waals surface area contributed by atoms with E-state index in [0.29, 0.717) is 16.8 Å². The van der Waals surface area contributed by atoms with Crippen molar-refractivity contribution in [3.05, 3.63) is 54.2 Å². The Hall–Kier alpha value is -3.24. The largest absolute Gasteiger partial charge is 0.494 e. The molecule has 3 aromatic rings. The summed E-state index contributed by atoms with van der Waals surface area (Å²) in [7, 11) is -1.28. The summed E-state index contributed by atoms with van der Waals surface area (Å²) >= 11 is 0. The molecular formula is C19H17FN2O6S. The average Bonchev–Trinajstić information content (AvgIpc) is 3.11. The third kappa shape index (κ3) is 4.44. The summed E-state index contributed by atoms with van der Waals surface area (Å²) in [6.07, 6.45) is -0.225. The van der Waals surface area contributed by atoms with Crippen molar-refractivity contribution in [2.24, 2.45) is 5.14 Å². The number of aromatic nitrogens is 1. The second-order valence-electron chi connectivity index (χ2n) is 5.96. The highest BCUT2D eigenvalue weighted by atomic mass is 32.2. The molecule has 0 radical (unpaired) electrons. The van der Waals surface area contributed by atoms with Crippen molar-refractivity contribution in [3.63, 3.8) is 0 Å². The van der Waals surface area contributed by atoms with E-state index in [9.17, 15) is 17.6 Å². The van der Waals surface area contributed by atoms with E-state index in [1.54, 1.807) is 6.07 Å². The molecule has 0 amide bonds. The van der Waals surface area contributed by atoms with Crippen molar-refractivity contribution in [1.82, 2.24) is 4.98 Å². The van der Waals surface area contributed by atoms with Gasteiger partial charge in [-0.1, -0.05) is 12.1 Å². The molecule has 0 spiro atoms. The molecule has 0 aliphatic heterocycles. The number of nitrogens with two attached hydrogens (primary N) is 1. The zero-order chi connectivity index (χ0) is 21.2. The molecule has 1 aromatic heterocycles. The number of halogens is 1. The van der Waals surface area contributed by atoms with E-state index in [4.69, 9.17) is 14.3 Å². The standard InChI is InChI=1S/C19H17FN2O6S/c1-26-15-8-5-12(9-14(15)20)19-18(22-16(28-19)10-17(23)27-2)11-3-6-13(7-4-11)29(21,24)25/h3-9H,10H2,1-2H3,(H2,21,24,25). The normalized spacial score (nSPS) is 11.3. The van der Waals surface area contributed by atoms with Gasteiger partial charge in [0.05, 0.1) is 19.1 Å². The van der Waals surface area contributed by atoms with Crippen LogP contribution in [0.3, 0.4) is 0 Å². The van der Waals surface area contributed by atoms with Crippen molar-refractivity contribution < 1.29 is 31.5 Å². The number of primary sulfonamides is 1. The second-order valence-corrected chi connectivity index (χ2v) is 7.52. The third-order valence-corrected chi connectivity index (χ3v) is 4.99. The van der Waals surface area contributed by atoms with Crippen LogP contribution in [0.2, 0.25) is 0 Å². The van der Waals surface area contributed by atoms with Crippen molar-refractivity contribution in [1.29, 1.82) is 0 Å². The lowest BCUT2D eigenvalue weighted by Crippen LogP contribution is -2.11. The zero-order valence-electron chi connectivity index (χ0n) is 15.5. The molecule has 0 saturated carbocycles. The van der Waals surface area contributed by atoms with Gasteiger partial charge in [0.25, 0.3) is 0 Å². The van der Waals surface area contributed by atoms with Crippen LogP contribution in [0.4, 0.5) is 4.39 Å². The molecular weight excluding hydrogens is 403 g/mol. The number of carbonyl (C=O) groups is 1. The molecule has 0 fully saturated rings. The zero-order valence-corrected chi connectivity index (χ0v) is 16.3. The highest BCUT2D eigenvalue weighted by Crippen LogP contribution is 2.35. The first-order valence-electron chi connectivity index (χ1n) is 8.26. The number of carbonyl (C=O) groups excluding carboxylic acids is 1. The molecule has 0 aliphatic rings. The van der Waals surface area contributed by atoms with Crippen LogP contribution in [0.25, 0.3) is 22.6 Å². The van der Waals surface area contributed by atoms with Crippen LogP contribution >= 0.6 is 0 Å². The summed E-state index contributed by atoms with van der Waals surface area (Å²) in [5.41, 5.74) is 1.15. The number of esters is 1. The van der Waals surface area contributed by atoms with E-state index < -0.39 is 21.8 Å². The minimum Gasteiger partial charge on any atom is -0.494 e. The molecule has 0 bridgehead atoms. The SMILES string of the molecule is COC(=O)Cc1nc(-c2ccc(S(N)(=O)=O)cc2)c(-c2ccc(OC)c(F)c2)o1. The van der Waals surface area contributed by atoms with Crippen molar-refractivity contribution in [2.75, 3.05) is 14.2 Å². The van der Waals surface area contributed by atoms with Gasteiger partial charge in [-0.2, -0.15) is 0 Å². The maximum absolute atomic E-state index is 14.2. The molecule has 152 valence electrons. The van der Waals surface area contributed by atoms with E-state index >= 15 is 0 Å². The first kappa shape index (κ1) is 20.5. The maximum Gasteiger partial charge on any atom is 0.314 e. The van der Waals surface area contributed by atoms with Crippen LogP contribution < -0.4 is 9.88 Å². The summed E-state index contributed by atoms with van der Waals surface area (Å²) in [5, 5.41) is 5.12. The topological polar surface area (TPSA) is 122 Å². The number of hydrogen-bond acceptors (Lipinski definition) is 7. The lowest BCUT2D eigenvalue weighted by Gasteiger charge is -2.05. The van der Waals surface area contributed by atoms with Gasteiger partial charge >= 0.3 is 5.97 Å². The minimum absolute atomic E-state index is 0.0575. The van der Waals surface area contributed by atoms with Crippen LogP contribution in [0.15, 0.2) is 51.8 Å². The fraction of sp³-hybridized carbons (Fsp3) is 0.158. The van der Waals surface area contributed by atoms with Gasteiger partial charge in [-0.15, -0.1) is 0 Å². The van der Waals surface area contributed by atoms with E-state index in [2.05, 4.69) is 9.72 Å². The van der Waals surface area contributed by atoms with Crippen LogP contribution in [-0.4, -0.2) is 33.6 Å². The van der Waals surface area contributed by atoms with E-state index in [1.807, 2.05) is 0 Å². The monoisotopic (exact) mass is 420 g/mol. The highest BCUT2D eigenvalue weighted by molar-refractivity contribution is 7.89. The number of oxazole rings is 1. The Balaban J connectivity index is 2.12. The molecule has 0 aliphatic carbocycles. The fourth-order valence-corrected chi connectivity index (χ4v) is 3.15. The molecule has 2 aromatic carbocycles. The summed E-state index contributed by atoms with van der Waals surface area (Å²) in [6.45, 7) is 0. The average molecular weight is 420 g/mol. The van der Waals surface area contributed by atoms with E-state index in [0.717, 1.165) is 0 Å². The molecule has 0 unspecified atom stereocenters. The van der Waals surface area contributed by atoms with Gasteiger partial charge < -0.3 is 13.9 Å². The lowest BCUT2D eigenvalue weighted by molar-refractivity contribution is -0.140. The van der Waals surface area contributed by atoms with Gasteiger partial charge in [0, 0.05) is 11.1 Å². The minimum atomic E-state index is -3.86. The van der Waals surface area contributed by atoms with Gasteiger partial charge in [-0.3, -0.25) is 4.79 Å². The molecule has 0 saturated heterocycles. The van der Waals surface area contributed by atoms with Crippen LogP contribution in [-0.2, 0) is 26.0 Å². The molecule has 10 heteroatoms. The summed E-state index contributed by atoms with van der Waals surface area (Å²) in [5.74, 6) is -0.842.